The molecule has 0 fully saturated rings. The van der Waals surface area contributed by atoms with E-state index in [1.165, 1.54) is 7.11 Å². The maximum atomic E-state index is 11.0. The number of carbonyl (C=O) groups is 1. The zero-order valence-electron chi connectivity index (χ0n) is 10.6. The number of ether oxygens (including phenoxy) is 2. The van der Waals surface area contributed by atoms with E-state index >= 15 is 0 Å². The van der Waals surface area contributed by atoms with Gasteiger partial charge in [-0.25, -0.2) is 0 Å². The van der Waals surface area contributed by atoms with Crippen LogP contribution in [0.3, 0.4) is 0 Å². The molecule has 0 bridgehead atoms. The van der Waals surface area contributed by atoms with Crippen molar-refractivity contribution in [1.82, 2.24) is 0 Å². The third kappa shape index (κ3) is 2.56. The molecule has 0 N–H and O–H groups in total. The van der Waals surface area contributed by atoms with Crippen LogP contribution in [0.2, 0.25) is 5.02 Å². The molecular formula is C15H13ClO3. The van der Waals surface area contributed by atoms with Gasteiger partial charge in [0.1, 0.15) is 6.29 Å². The van der Waals surface area contributed by atoms with Gasteiger partial charge in [-0.15, -0.1) is 0 Å². The van der Waals surface area contributed by atoms with Crippen LogP contribution >= 0.6 is 11.6 Å². The fourth-order valence-electron chi connectivity index (χ4n) is 1.93. The van der Waals surface area contributed by atoms with E-state index in [0.717, 1.165) is 17.4 Å². The summed E-state index contributed by atoms with van der Waals surface area (Å²) < 4.78 is 10.6. The molecule has 4 heteroatoms. The molecule has 0 saturated heterocycles. The molecule has 0 amide bonds. The zero-order valence-corrected chi connectivity index (χ0v) is 11.4. The Hall–Kier alpha value is -2.00. The van der Waals surface area contributed by atoms with Crippen LogP contribution < -0.4 is 9.47 Å². The highest BCUT2D eigenvalue weighted by atomic mass is 35.5. The van der Waals surface area contributed by atoms with Crippen molar-refractivity contribution >= 4 is 17.9 Å². The van der Waals surface area contributed by atoms with Gasteiger partial charge in [-0.3, -0.25) is 4.79 Å². The average Bonchev–Trinajstić information content (AvgIpc) is 2.46. The summed E-state index contributed by atoms with van der Waals surface area (Å²) >= 11 is 6.19. The van der Waals surface area contributed by atoms with Crippen molar-refractivity contribution in [3.63, 3.8) is 0 Å². The summed E-state index contributed by atoms with van der Waals surface area (Å²) in [7, 11) is 3.08. The molecule has 0 atom stereocenters. The predicted molar refractivity (Wildman–Crippen MR) is 75.4 cm³/mol. The first kappa shape index (κ1) is 13.4. The lowest BCUT2D eigenvalue weighted by Crippen LogP contribution is -1.96. The molecule has 0 unspecified atom stereocenters. The summed E-state index contributed by atoms with van der Waals surface area (Å²) in [5.41, 5.74) is 2.03. The Morgan fingerprint density at radius 3 is 2.37 bits per heavy atom. The molecule has 19 heavy (non-hydrogen) atoms. The molecule has 3 nitrogen and oxygen atoms in total. The molecule has 0 saturated carbocycles. The first-order valence-electron chi connectivity index (χ1n) is 5.67. The van der Waals surface area contributed by atoms with Gasteiger partial charge in [0.25, 0.3) is 0 Å². The van der Waals surface area contributed by atoms with Gasteiger partial charge in [-0.05, 0) is 18.2 Å². The van der Waals surface area contributed by atoms with Gasteiger partial charge >= 0.3 is 0 Å². The first-order valence-corrected chi connectivity index (χ1v) is 6.05. The van der Waals surface area contributed by atoms with Crippen molar-refractivity contribution < 1.29 is 14.3 Å². The van der Waals surface area contributed by atoms with Gasteiger partial charge in [0, 0.05) is 21.7 Å². The smallest absolute Gasteiger partial charge is 0.168 e. The molecule has 2 aromatic rings. The average molecular weight is 277 g/mol. The summed E-state index contributed by atoms with van der Waals surface area (Å²) in [6.07, 6.45) is 0.766. The van der Waals surface area contributed by atoms with Crippen LogP contribution in [0.1, 0.15) is 10.4 Å². The molecule has 2 rings (SSSR count). The van der Waals surface area contributed by atoms with Gasteiger partial charge in [-0.1, -0.05) is 29.8 Å². The quantitative estimate of drug-likeness (QED) is 0.796. The van der Waals surface area contributed by atoms with Crippen LogP contribution in [0.25, 0.3) is 11.1 Å². The van der Waals surface area contributed by atoms with Crippen LogP contribution in [-0.4, -0.2) is 20.5 Å². The normalized spacial score (nSPS) is 10.1. The molecule has 0 spiro atoms. The second-order valence-electron chi connectivity index (χ2n) is 3.90. The molecule has 0 aliphatic rings. The highest BCUT2D eigenvalue weighted by Crippen LogP contribution is 2.41. The highest BCUT2D eigenvalue weighted by molar-refractivity contribution is 6.33. The minimum absolute atomic E-state index is 0.502. The minimum Gasteiger partial charge on any atom is -0.493 e. The van der Waals surface area contributed by atoms with Crippen LogP contribution in [0.5, 0.6) is 11.5 Å². The maximum absolute atomic E-state index is 11.0. The first-order chi connectivity index (χ1) is 9.21. The molecular weight excluding hydrogens is 264 g/mol. The fraction of sp³-hybridized carbons (Fsp3) is 0.133. The van der Waals surface area contributed by atoms with E-state index in [1.807, 2.05) is 18.2 Å². The van der Waals surface area contributed by atoms with Gasteiger partial charge in [0.05, 0.1) is 14.2 Å². The zero-order chi connectivity index (χ0) is 13.8. The summed E-state index contributed by atoms with van der Waals surface area (Å²) in [6, 6.07) is 10.7. The van der Waals surface area contributed by atoms with Crippen molar-refractivity contribution in [2.24, 2.45) is 0 Å². The topological polar surface area (TPSA) is 35.5 Å². The van der Waals surface area contributed by atoms with E-state index in [1.54, 1.807) is 25.3 Å². The number of rotatable bonds is 4. The molecule has 0 aliphatic carbocycles. The van der Waals surface area contributed by atoms with Crippen molar-refractivity contribution in [3.8, 4) is 22.6 Å². The van der Waals surface area contributed by atoms with Crippen molar-refractivity contribution in [1.29, 1.82) is 0 Å². The van der Waals surface area contributed by atoms with Crippen molar-refractivity contribution in [2.45, 2.75) is 0 Å². The van der Waals surface area contributed by atoms with E-state index in [2.05, 4.69) is 0 Å². The van der Waals surface area contributed by atoms with E-state index in [4.69, 9.17) is 21.1 Å². The van der Waals surface area contributed by atoms with Gasteiger partial charge in [0.2, 0.25) is 0 Å². The van der Waals surface area contributed by atoms with Crippen LogP contribution in [0.15, 0.2) is 36.4 Å². The van der Waals surface area contributed by atoms with E-state index in [0.29, 0.717) is 22.1 Å². The number of hydrogen-bond donors (Lipinski definition) is 0. The molecule has 0 aromatic heterocycles. The Balaban J connectivity index is 2.74. The van der Waals surface area contributed by atoms with Gasteiger partial charge in [0.15, 0.2) is 11.5 Å². The summed E-state index contributed by atoms with van der Waals surface area (Å²) in [5.74, 6) is 1.06. The number of methoxy groups -OCH3 is 2. The fourth-order valence-corrected chi connectivity index (χ4v) is 2.17. The number of benzene rings is 2. The molecule has 98 valence electrons. The van der Waals surface area contributed by atoms with Crippen LogP contribution in [-0.2, 0) is 0 Å². The Kier molecular flexibility index (Phi) is 4.07. The summed E-state index contributed by atoms with van der Waals surface area (Å²) in [6.45, 7) is 0. The summed E-state index contributed by atoms with van der Waals surface area (Å²) in [4.78, 5) is 11.0. The molecule has 0 radical (unpaired) electrons. The molecule has 0 heterocycles. The Morgan fingerprint density at radius 2 is 1.79 bits per heavy atom. The lowest BCUT2D eigenvalue weighted by atomic mass is 10.0. The maximum Gasteiger partial charge on any atom is 0.168 e. The number of carbonyl (C=O) groups excluding carboxylic acids is 1. The second-order valence-corrected chi connectivity index (χ2v) is 4.31. The van der Waals surface area contributed by atoms with E-state index in [9.17, 15) is 4.79 Å². The number of hydrogen-bond acceptors (Lipinski definition) is 3. The predicted octanol–water partition coefficient (Wildman–Crippen LogP) is 3.84. The van der Waals surface area contributed by atoms with E-state index in [-0.39, 0.29) is 0 Å². The Labute approximate surface area is 116 Å². The second kappa shape index (κ2) is 5.76. The number of aldehydes is 1. The van der Waals surface area contributed by atoms with E-state index < -0.39 is 0 Å². The lowest BCUT2D eigenvalue weighted by molar-refractivity contribution is 0.112. The van der Waals surface area contributed by atoms with Gasteiger partial charge < -0.3 is 9.47 Å². The third-order valence-electron chi connectivity index (χ3n) is 2.80. The minimum atomic E-state index is 0.502. The standard InChI is InChI=1S/C15H13ClO3/c1-18-14-8-10(9-17)7-12(15(14)19-2)11-5-3-4-6-13(11)16/h3-9H,1-2H3. The lowest BCUT2D eigenvalue weighted by Gasteiger charge is -2.14. The number of halogens is 1. The Bertz CT molecular complexity index is 608. The van der Waals surface area contributed by atoms with Crippen molar-refractivity contribution in [3.05, 3.63) is 47.0 Å². The SMILES string of the molecule is COc1cc(C=O)cc(-c2ccccc2Cl)c1OC. The third-order valence-corrected chi connectivity index (χ3v) is 3.13. The van der Waals surface area contributed by atoms with Crippen LogP contribution in [0.4, 0.5) is 0 Å². The molecule has 0 aliphatic heterocycles. The van der Waals surface area contributed by atoms with Gasteiger partial charge in [-0.2, -0.15) is 0 Å². The molecule has 2 aromatic carbocycles. The Morgan fingerprint density at radius 1 is 1.05 bits per heavy atom. The largest absolute Gasteiger partial charge is 0.493 e. The highest BCUT2D eigenvalue weighted by Gasteiger charge is 2.15. The van der Waals surface area contributed by atoms with Crippen LogP contribution in [0, 0.1) is 0 Å². The monoisotopic (exact) mass is 276 g/mol. The van der Waals surface area contributed by atoms with Crippen molar-refractivity contribution in [2.75, 3.05) is 14.2 Å². The summed E-state index contributed by atoms with van der Waals surface area (Å²) in [5, 5.41) is 0.589.